The third-order valence-corrected chi connectivity index (χ3v) is 3.88. The zero-order valence-electron chi connectivity index (χ0n) is 14.1. The number of aromatic nitrogens is 1. The molecular formula is C17H26N4O2. The van der Waals surface area contributed by atoms with Gasteiger partial charge >= 0.3 is 6.03 Å². The lowest BCUT2D eigenvalue weighted by atomic mass is 9.97. The Morgan fingerprint density at radius 1 is 1.22 bits per heavy atom. The van der Waals surface area contributed by atoms with Crippen molar-refractivity contribution >= 4 is 11.9 Å². The van der Waals surface area contributed by atoms with Crippen molar-refractivity contribution in [2.45, 2.75) is 39.2 Å². The van der Waals surface area contributed by atoms with Crippen LogP contribution in [0, 0.1) is 5.92 Å². The number of urea groups is 1. The van der Waals surface area contributed by atoms with Gasteiger partial charge in [-0.1, -0.05) is 0 Å². The van der Waals surface area contributed by atoms with Gasteiger partial charge in [-0.3, -0.25) is 9.78 Å². The standard InChI is InChI=1S/C17H26N4O2/c1-17(2,3)20-16(23)21-10-6-13(7-11-21)12-19-15(22)14-4-8-18-9-5-14/h4-5,8-9,13H,6-7,10-12H2,1-3H3,(H,19,22)(H,20,23). The molecule has 1 aliphatic heterocycles. The third-order valence-electron chi connectivity index (χ3n) is 3.88. The van der Waals surface area contributed by atoms with Crippen LogP contribution in [-0.2, 0) is 0 Å². The number of carbonyl (C=O) groups is 2. The van der Waals surface area contributed by atoms with Crippen molar-refractivity contribution < 1.29 is 9.59 Å². The summed E-state index contributed by atoms with van der Waals surface area (Å²) in [6, 6.07) is 3.40. The molecule has 3 amide bonds. The van der Waals surface area contributed by atoms with Crippen LogP contribution in [0.5, 0.6) is 0 Å². The average Bonchev–Trinajstić information content (AvgIpc) is 2.52. The number of likely N-dealkylation sites (tertiary alicyclic amines) is 1. The van der Waals surface area contributed by atoms with Gasteiger partial charge in [0.25, 0.3) is 5.91 Å². The molecule has 0 radical (unpaired) electrons. The molecule has 0 spiro atoms. The van der Waals surface area contributed by atoms with Gasteiger partial charge in [0.15, 0.2) is 0 Å². The molecule has 1 aliphatic rings. The first kappa shape index (κ1) is 17.2. The molecule has 0 aliphatic carbocycles. The van der Waals surface area contributed by atoms with Gasteiger partial charge in [-0.2, -0.15) is 0 Å². The minimum atomic E-state index is -0.216. The number of nitrogens with one attached hydrogen (secondary N) is 2. The van der Waals surface area contributed by atoms with Crippen molar-refractivity contribution in [1.29, 1.82) is 0 Å². The summed E-state index contributed by atoms with van der Waals surface area (Å²) in [5.41, 5.74) is 0.411. The van der Waals surface area contributed by atoms with E-state index in [0.717, 1.165) is 25.9 Å². The van der Waals surface area contributed by atoms with Gasteiger partial charge in [0, 0.05) is 43.1 Å². The van der Waals surface area contributed by atoms with Gasteiger partial charge in [-0.25, -0.2) is 4.79 Å². The van der Waals surface area contributed by atoms with E-state index in [9.17, 15) is 9.59 Å². The maximum Gasteiger partial charge on any atom is 0.317 e. The summed E-state index contributed by atoms with van der Waals surface area (Å²) >= 11 is 0. The fourth-order valence-corrected chi connectivity index (χ4v) is 2.58. The summed E-state index contributed by atoms with van der Waals surface area (Å²) in [5.74, 6) is 0.347. The maximum atomic E-state index is 12.1. The molecule has 126 valence electrons. The molecule has 0 bridgehead atoms. The second-order valence-electron chi connectivity index (χ2n) is 7.06. The smallest absolute Gasteiger partial charge is 0.317 e. The molecule has 0 saturated carbocycles. The second kappa shape index (κ2) is 7.44. The Bertz CT molecular complexity index is 531. The molecule has 0 atom stereocenters. The fourth-order valence-electron chi connectivity index (χ4n) is 2.58. The Hall–Kier alpha value is -2.11. The largest absolute Gasteiger partial charge is 0.352 e. The van der Waals surface area contributed by atoms with Crippen LogP contribution in [0.25, 0.3) is 0 Å². The molecule has 0 unspecified atom stereocenters. The zero-order valence-corrected chi connectivity index (χ0v) is 14.1. The van der Waals surface area contributed by atoms with Crippen LogP contribution in [0.3, 0.4) is 0 Å². The van der Waals surface area contributed by atoms with Gasteiger partial charge in [0.05, 0.1) is 0 Å². The van der Waals surface area contributed by atoms with Crippen LogP contribution >= 0.6 is 0 Å². The lowest BCUT2D eigenvalue weighted by Gasteiger charge is -2.34. The monoisotopic (exact) mass is 318 g/mol. The molecule has 2 N–H and O–H groups in total. The van der Waals surface area contributed by atoms with E-state index in [1.165, 1.54) is 0 Å². The van der Waals surface area contributed by atoms with E-state index < -0.39 is 0 Å². The van der Waals surface area contributed by atoms with Crippen LogP contribution in [0.15, 0.2) is 24.5 Å². The number of carbonyl (C=O) groups excluding carboxylic acids is 2. The molecule has 6 nitrogen and oxygen atoms in total. The van der Waals surface area contributed by atoms with Gasteiger partial charge < -0.3 is 15.5 Å². The number of amides is 3. The first-order chi connectivity index (χ1) is 10.8. The predicted octanol–water partition coefficient (Wildman–Crippen LogP) is 2.03. The Morgan fingerprint density at radius 2 is 1.83 bits per heavy atom. The van der Waals surface area contributed by atoms with E-state index >= 15 is 0 Å². The first-order valence-electron chi connectivity index (χ1n) is 8.10. The highest BCUT2D eigenvalue weighted by molar-refractivity contribution is 5.93. The Kier molecular flexibility index (Phi) is 5.58. The summed E-state index contributed by atoms with van der Waals surface area (Å²) in [6.45, 7) is 8.05. The van der Waals surface area contributed by atoms with Crippen molar-refractivity contribution in [3.05, 3.63) is 30.1 Å². The molecule has 0 aromatic carbocycles. The average molecular weight is 318 g/mol. The minimum Gasteiger partial charge on any atom is -0.352 e. The highest BCUT2D eigenvalue weighted by atomic mass is 16.2. The number of pyridine rings is 1. The SMILES string of the molecule is CC(C)(C)NC(=O)N1CCC(CNC(=O)c2ccncc2)CC1. The van der Waals surface area contributed by atoms with Crippen LogP contribution in [0.4, 0.5) is 4.79 Å². The molecule has 6 heteroatoms. The van der Waals surface area contributed by atoms with Crippen molar-refractivity contribution in [3.8, 4) is 0 Å². The van der Waals surface area contributed by atoms with Gasteiger partial charge in [0.2, 0.25) is 0 Å². The molecule has 2 rings (SSSR count). The van der Waals surface area contributed by atoms with Crippen LogP contribution in [0.2, 0.25) is 0 Å². The highest BCUT2D eigenvalue weighted by Crippen LogP contribution is 2.17. The lowest BCUT2D eigenvalue weighted by molar-refractivity contribution is 0.0937. The topological polar surface area (TPSA) is 74.3 Å². The minimum absolute atomic E-state index is 0.00299. The van der Waals surface area contributed by atoms with Gasteiger partial charge in [0.1, 0.15) is 0 Å². The van der Waals surface area contributed by atoms with Crippen LogP contribution in [-0.4, -0.2) is 47.0 Å². The molecular weight excluding hydrogens is 292 g/mol. The van der Waals surface area contributed by atoms with E-state index in [4.69, 9.17) is 0 Å². The van der Waals surface area contributed by atoms with Crippen molar-refractivity contribution in [3.63, 3.8) is 0 Å². The summed E-state index contributed by atoms with van der Waals surface area (Å²) < 4.78 is 0. The zero-order chi connectivity index (χ0) is 16.9. The molecule has 1 saturated heterocycles. The number of rotatable bonds is 3. The van der Waals surface area contributed by atoms with Crippen molar-refractivity contribution in [2.24, 2.45) is 5.92 Å². The normalized spacial score (nSPS) is 16.0. The highest BCUT2D eigenvalue weighted by Gasteiger charge is 2.25. The van der Waals surface area contributed by atoms with Crippen LogP contribution < -0.4 is 10.6 Å². The van der Waals surface area contributed by atoms with E-state index in [1.807, 2.05) is 25.7 Å². The Morgan fingerprint density at radius 3 is 2.39 bits per heavy atom. The third kappa shape index (κ3) is 5.54. The number of piperidine rings is 1. The van der Waals surface area contributed by atoms with E-state index in [1.54, 1.807) is 24.5 Å². The molecule has 2 heterocycles. The van der Waals surface area contributed by atoms with E-state index in [2.05, 4.69) is 15.6 Å². The Balaban J connectivity index is 1.73. The number of hydrogen-bond acceptors (Lipinski definition) is 3. The van der Waals surface area contributed by atoms with E-state index in [-0.39, 0.29) is 17.5 Å². The van der Waals surface area contributed by atoms with Gasteiger partial charge in [-0.15, -0.1) is 0 Å². The Labute approximate surface area is 137 Å². The summed E-state index contributed by atoms with van der Waals surface area (Å²) in [7, 11) is 0. The van der Waals surface area contributed by atoms with E-state index in [0.29, 0.717) is 18.0 Å². The van der Waals surface area contributed by atoms with Crippen LogP contribution in [0.1, 0.15) is 44.0 Å². The predicted molar refractivity (Wildman–Crippen MR) is 89.2 cm³/mol. The van der Waals surface area contributed by atoms with Gasteiger partial charge in [-0.05, 0) is 51.7 Å². The first-order valence-corrected chi connectivity index (χ1v) is 8.10. The molecule has 1 aromatic heterocycles. The molecule has 1 aromatic rings. The number of hydrogen-bond donors (Lipinski definition) is 2. The van der Waals surface area contributed by atoms with Crippen molar-refractivity contribution in [1.82, 2.24) is 20.5 Å². The second-order valence-corrected chi connectivity index (χ2v) is 7.06. The molecule has 23 heavy (non-hydrogen) atoms. The summed E-state index contributed by atoms with van der Waals surface area (Å²) in [5, 5.41) is 5.95. The fraction of sp³-hybridized carbons (Fsp3) is 0.588. The quantitative estimate of drug-likeness (QED) is 0.895. The summed E-state index contributed by atoms with van der Waals surface area (Å²) in [4.78, 5) is 29.9. The lowest BCUT2D eigenvalue weighted by Crippen LogP contribution is -2.51. The molecule has 1 fully saturated rings. The maximum absolute atomic E-state index is 12.1. The summed E-state index contributed by atoms with van der Waals surface area (Å²) in [6.07, 6.45) is 5.05. The van der Waals surface area contributed by atoms with Crippen molar-refractivity contribution in [2.75, 3.05) is 19.6 Å². The number of nitrogens with zero attached hydrogens (tertiary/aromatic N) is 2.